The van der Waals surface area contributed by atoms with Crippen molar-refractivity contribution in [3.8, 4) is 5.75 Å². The lowest BCUT2D eigenvalue weighted by molar-refractivity contribution is 0.275. The van der Waals surface area contributed by atoms with Crippen LogP contribution in [-0.2, 0) is 19.6 Å². The van der Waals surface area contributed by atoms with Gasteiger partial charge < -0.3 is 10.5 Å². The lowest BCUT2D eigenvalue weighted by Crippen LogP contribution is -2.15. The zero-order valence-corrected chi connectivity index (χ0v) is 11.1. The van der Waals surface area contributed by atoms with Crippen molar-refractivity contribution >= 4 is 5.69 Å². The molecule has 0 radical (unpaired) electrons. The molecule has 1 aliphatic heterocycles. The number of nitrogens with two attached hydrogens (primary N) is 1. The fourth-order valence-electron chi connectivity index (χ4n) is 2.63. The molecule has 19 heavy (non-hydrogen) atoms. The second-order valence-corrected chi connectivity index (χ2v) is 5.02. The van der Waals surface area contributed by atoms with Gasteiger partial charge >= 0.3 is 0 Å². The first-order chi connectivity index (χ1) is 9.24. The summed E-state index contributed by atoms with van der Waals surface area (Å²) in [6, 6.07) is 14.4. The van der Waals surface area contributed by atoms with Gasteiger partial charge in [0.15, 0.2) is 0 Å². The van der Waals surface area contributed by atoms with Crippen molar-refractivity contribution in [1.29, 1.82) is 0 Å². The van der Waals surface area contributed by atoms with Crippen LogP contribution in [0.2, 0.25) is 0 Å². The second kappa shape index (κ2) is 4.94. The smallest absolute Gasteiger partial charge is 0.119 e. The van der Waals surface area contributed by atoms with Gasteiger partial charge in [0.1, 0.15) is 5.75 Å². The maximum atomic E-state index is 5.83. The molecule has 2 aromatic rings. The normalized spacial score (nSPS) is 14.4. The van der Waals surface area contributed by atoms with Crippen molar-refractivity contribution in [2.45, 2.75) is 19.6 Å². The molecule has 0 atom stereocenters. The number of ether oxygens (including phenoxy) is 1. The molecule has 0 aliphatic carbocycles. The summed E-state index contributed by atoms with van der Waals surface area (Å²) in [6.45, 7) is 2.90. The first kappa shape index (κ1) is 12.1. The highest BCUT2D eigenvalue weighted by Gasteiger charge is 2.18. The van der Waals surface area contributed by atoms with E-state index in [9.17, 15) is 0 Å². The van der Waals surface area contributed by atoms with Crippen molar-refractivity contribution in [3.63, 3.8) is 0 Å². The van der Waals surface area contributed by atoms with Crippen LogP contribution in [0, 0.1) is 0 Å². The topological polar surface area (TPSA) is 38.5 Å². The molecule has 3 rings (SSSR count). The average Bonchev–Trinajstić information content (AvgIpc) is 2.80. The van der Waals surface area contributed by atoms with Crippen LogP contribution < -0.4 is 10.5 Å². The Balaban J connectivity index is 1.73. The first-order valence-electron chi connectivity index (χ1n) is 6.47. The Kier molecular flexibility index (Phi) is 3.13. The number of fused-ring (bicyclic) bond motifs is 1. The molecule has 0 bridgehead atoms. The van der Waals surface area contributed by atoms with E-state index < -0.39 is 0 Å². The average molecular weight is 254 g/mol. The molecule has 98 valence electrons. The summed E-state index contributed by atoms with van der Waals surface area (Å²) < 4.78 is 5.26. The Hall–Kier alpha value is -2.00. The molecule has 1 aliphatic rings. The van der Waals surface area contributed by atoms with E-state index in [-0.39, 0.29) is 0 Å². The number of benzene rings is 2. The lowest BCUT2D eigenvalue weighted by Gasteiger charge is -2.15. The van der Waals surface area contributed by atoms with Crippen LogP contribution in [0.1, 0.15) is 16.7 Å². The van der Waals surface area contributed by atoms with Crippen LogP contribution in [0.4, 0.5) is 5.69 Å². The van der Waals surface area contributed by atoms with E-state index in [1.54, 1.807) is 7.11 Å². The predicted octanol–water partition coefficient (Wildman–Crippen LogP) is 2.79. The summed E-state index contributed by atoms with van der Waals surface area (Å²) in [6.07, 6.45) is 0. The Bertz CT molecular complexity index is 595. The van der Waals surface area contributed by atoms with Crippen LogP contribution in [0.15, 0.2) is 42.5 Å². The number of anilines is 1. The molecule has 0 saturated heterocycles. The fraction of sp³-hybridized carbons (Fsp3) is 0.250. The maximum Gasteiger partial charge on any atom is 0.119 e. The molecule has 2 N–H and O–H groups in total. The molecule has 3 heteroatoms. The van der Waals surface area contributed by atoms with E-state index in [4.69, 9.17) is 10.5 Å². The number of methoxy groups -OCH3 is 1. The minimum atomic E-state index is 0.849. The van der Waals surface area contributed by atoms with Gasteiger partial charge in [-0.15, -0.1) is 0 Å². The summed E-state index contributed by atoms with van der Waals surface area (Å²) in [5.74, 6) is 0.915. The molecule has 1 heterocycles. The number of hydrogen-bond donors (Lipinski definition) is 1. The summed E-state index contributed by atoms with van der Waals surface area (Å²) in [5, 5.41) is 0. The highest BCUT2D eigenvalue weighted by molar-refractivity contribution is 5.46. The van der Waals surface area contributed by atoms with Gasteiger partial charge in [-0.05, 0) is 41.0 Å². The van der Waals surface area contributed by atoms with Gasteiger partial charge in [-0.2, -0.15) is 0 Å². The SMILES string of the molecule is COc1cccc(CN2Cc3ccc(N)cc3C2)c1. The summed E-state index contributed by atoms with van der Waals surface area (Å²) >= 11 is 0. The van der Waals surface area contributed by atoms with Crippen molar-refractivity contribution in [3.05, 3.63) is 59.2 Å². The monoisotopic (exact) mass is 254 g/mol. The van der Waals surface area contributed by atoms with Gasteiger partial charge in [0, 0.05) is 25.3 Å². The van der Waals surface area contributed by atoms with Crippen LogP contribution in [-0.4, -0.2) is 12.0 Å². The summed E-state index contributed by atoms with van der Waals surface area (Å²) in [4.78, 5) is 2.42. The molecule has 0 aromatic heterocycles. The highest BCUT2D eigenvalue weighted by Crippen LogP contribution is 2.26. The van der Waals surface area contributed by atoms with Crippen molar-refractivity contribution in [1.82, 2.24) is 4.90 Å². The zero-order chi connectivity index (χ0) is 13.2. The van der Waals surface area contributed by atoms with Crippen molar-refractivity contribution < 1.29 is 4.74 Å². The number of nitrogens with zero attached hydrogens (tertiary/aromatic N) is 1. The predicted molar refractivity (Wildman–Crippen MR) is 76.8 cm³/mol. The van der Waals surface area contributed by atoms with Crippen molar-refractivity contribution in [2.75, 3.05) is 12.8 Å². The molecule has 0 amide bonds. The Labute approximate surface area is 113 Å². The van der Waals surface area contributed by atoms with Crippen LogP contribution in [0.3, 0.4) is 0 Å². The standard InChI is InChI=1S/C16H18N2O/c1-19-16-4-2-3-12(7-16)9-18-10-13-5-6-15(17)8-14(13)11-18/h2-8H,9-11,17H2,1H3. The Morgan fingerprint density at radius 1 is 1.11 bits per heavy atom. The second-order valence-electron chi connectivity index (χ2n) is 5.02. The molecule has 0 fully saturated rings. The van der Waals surface area contributed by atoms with E-state index in [0.717, 1.165) is 31.1 Å². The Morgan fingerprint density at radius 2 is 1.95 bits per heavy atom. The summed E-state index contributed by atoms with van der Waals surface area (Å²) in [7, 11) is 1.70. The van der Waals surface area contributed by atoms with E-state index >= 15 is 0 Å². The third kappa shape index (κ3) is 2.56. The number of rotatable bonds is 3. The van der Waals surface area contributed by atoms with E-state index in [1.807, 2.05) is 18.2 Å². The van der Waals surface area contributed by atoms with Gasteiger partial charge in [-0.3, -0.25) is 4.90 Å². The van der Waals surface area contributed by atoms with Crippen LogP contribution in [0.5, 0.6) is 5.75 Å². The van der Waals surface area contributed by atoms with Gasteiger partial charge in [0.25, 0.3) is 0 Å². The first-order valence-corrected chi connectivity index (χ1v) is 6.47. The molecule has 0 spiro atoms. The highest BCUT2D eigenvalue weighted by atomic mass is 16.5. The minimum Gasteiger partial charge on any atom is -0.497 e. The van der Waals surface area contributed by atoms with Gasteiger partial charge in [0.05, 0.1) is 7.11 Å². The third-order valence-electron chi connectivity index (χ3n) is 3.56. The largest absolute Gasteiger partial charge is 0.497 e. The fourth-order valence-corrected chi connectivity index (χ4v) is 2.63. The van der Waals surface area contributed by atoms with Gasteiger partial charge in [0.2, 0.25) is 0 Å². The van der Waals surface area contributed by atoms with E-state index in [1.165, 1.54) is 16.7 Å². The quantitative estimate of drug-likeness (QED) is 0.856. The lowest BCUT2D eigenvalue weighted by atomic mass is 10.1. The molecule has 2 aromatic carbocycles. The molecule has 3 nitrogen and oxygen atoms in total. The maximum absolute atomic E-state index is 5.83. The number of hydrogen-bond acceptors (Lipinski definition) is 3. The van der Waals surface area contributed by atoms with E-state index in [0.29, 0.717) is 0 Å². The summed E-state index contributed by atoms with van der Waals surface area (Å²) in [5.41, 5.74) is 10.7. The van der Waals surface area contributed by atoms with E-state index in [2.05, 4.69) is 29.2 Å². The van der Waals surface area contributed by atoms with Crippen molar-refractivity contribution in [2.24, 2.45) is 0 Å². The molecule has 0 saturated carbocycles. The Morgan fingerprint density at radius 3 is 2.79 bits per heavy atom. The van der Waals surface area contributed by atoms with Gasteiger partial charge in [-0.25, -0.2) is 0 Å². The third-order valence-corrected chi connectivity index (χ3v) is 3.56. The number of nitrogen functional groups attached to an aromatic ring is 1. The van der Waals surface area contributed by atoms with Crippen LogP contribution in [0.25, 0.3) is 0 Å². The van der Waals surface area contributed by atoms with Gasteiger partial charge in [-0.1, -0.05) is 18.2 Å². The minimum absolute atomic E-state index is 0.849. The molecular formula is C16H18N2O. The molecular weight excluding hydrogens is 236 g/mol. The molecule has 0 unspecified atom stereocenters. The zero-order valence-electron chi connectivity index (χ0n) is 11.1. The van der Waals surface area contributed by atoms with Crippen LogP contribution >= 0.6 is 0 Å².